The molecule has 2 heterocycles. The van der Waals surface area contributed by atoms with Gasteiger partial charge in [0.2, 0.25) is 5.89 Å². The summed E-state index contributed by atoms with van der Waals surface area (Å²) in [5.74, 6) is 1.73. The fraction of sp³-hybridized carbons (Fsp3) is 0.357. The number of hydrogen-bond acceptors (Lipinski definition) is 6. The van der Waals surface area contributed by atoms with Gasteiger partial charge in [-0.3, -0.25) is 4.79 Å². The van der Waals surface area contributed by atoms with E-state index in [-0.39, 0.29) is 18.6 Å². The zero-order valence-corrected chi connectivity index (χ0v) is 11.8. The Labute approximate surface area is 121 Å². The van der Waals surface area contributed by atoms with Crippen LogP contribution in [0.25, 0.3) is 0 Å². The number of carbonyl (C=O) groups excluding carboxylic acids is 1. The maximum Gasteiger partial charge on any atom is 0.262 e. The molecule has 0 radical (unpaired) electrons. The third-order valence-electron chi connectivity index (χ3n) is 3.27. The Morgan fingerprint density at radius 3 is 3.10 bits per heavy atom. The number of rotatable bonds is 4. The van der Waals surface area contributed by atoms with Gasteiger partial charge in [0.05, 0.1) is 12.2 Å². The van der Waals surface area contributed by atoms with Crippen molar-refractivity contribution in [1.82, 2.24) is 15.5 Å². The lowest BCUT2D eigenvalue weighted by Gasteiger charge is -2.20. The molecule has 0 bridgehead atoms. The second kappa shape index (κ2) is 5.53. The summed E-state index contributed by atoms with van der Waals surface area (Å²) in [4.78, 5) is 15.5. The standard InChI is InChI=1S/C14H16N4O3/c1-8(15-6-13-16-9(2)21-18-13)10-3-4-12-11(5-10)17-14(19)7-20-12/h3-5,8,15H,6-7H2,1-2H3,(H,17,19)/t8-/m0/s1. The van der Waals surface area contributed by atoms with Crippen LogP contribution in [0.5, 0.6) is 5.75 Å². The van der Waals surface area contributed by atoms with Crippen molar-refractivity contribution in [3.8, 4) is 5.75 Å². The lowest BCUT2D eigenvalue weighted by molar-refractivity contribution is -0.118. The second-order valence-corrected chi connectivity index (χ2v) is 4.92. The van der Waals surface area contributed by atoms with E-state index in [9.17, 15) is 4.79 Å². The predicted octanol–water partition coefficient (Wildman–Crippen LogP) is 1.56. The summed E-state index contributed by atoms with van der Waals surface area (Å²) in [7, 11) is 0. The van der Waals surface area contributed by atoms with Gasteiger partial charge in [-0.15, -0.1) is 0 Å². The molecule has 1 atom stereocenters. The molecule has 7 heteroatoms. The maximum atomic E-state index is 11.3. The summed E-state index contributed by atoms with van der Waals surface area (Å²) in [6.45, 7) is 4.36. The fourth-order valence-corrected chi connectivity index (χ4v) is 2.15. The summed E-state index contributed by atoms with van der Waals surface area (Å²) < 4.78 is 10.3. The molecular formula is C14H16N4O3. The summed E-state index contributed by atoms with van der Waals surface area (Å²) in [6, 6.07) is 5.81. The third-order valence-corrected chi connectivity index (χ3v) is 3.27. The van der Waals surface area contributed by atoms with E-state index in [1.54, 1.807) is 6.92 Å². The van der Waals surface area contributed by atoms with Gasteiger partial charge in [-0.25, -0.2) is 0 Å². The molecule has 1 amide bonds. The van der Waals surface area contributed by atoms with Crippen LogP contribution in [-0.2, 0) is 11.3 Å². The van der Waals surface area contributed by atoms with E-state index in [1.807, 2.05) is 25.1 Å². The van der Waals surface area contributed by atoms with E-state index in [0.29, 0.717) is 29.7 Å². The number of anilines is 1. The first-order valence-electron chi connectivity index (χ1n) is 6.71. The third kappa shape index (κ3) is 3.03. The lowest BCUT2D eigenvalue weighted by Crippen LogP contribution is -2.26. The van der Waals surface area contributed by atoms with Gasteiger partial charge in [0.1, 0.15) is 5.75 Å². The van der Waals surface area contributed by atoms with Crippen LogP contribution in [0.2, 0.25) is 0 Å². The van der Waals surface area contributed by atoms with Crippen LogP contribution in [0.4, 0.5) is 5.69 Å². The summed E-state index contributed by atoms with van der Waals surface area (Å²) in [5, 5.41) is 9.94. The molecule has 2 N–H and O–H groups in total. The average Bonchev–Trinajstić information content (AvgIpc) is 2.89. The van der Waals surface area contributed by atoms with Crippen LogP contribution >= 0.6 is 0 Å². The number of fused-ring (bicyclic) bond motifs is 1. The number of nitrogens with zero attached hydrogens (tertiary/aromatic N) is 2. The van der Waals surface area contributed by atoms with Gasteiger partial charge in [-0.05, 0) is 24.6 Å². The summed E-state index contributed by atoms with van der Waals surface area (Å²) in [5.41, 5.74) is 1.74. The van der Waals surface area contributed by atoms with Gasteiger partial charge < -0.3 is 19.9 Å². The SMILES string of the molecule is Cc1nc(CN[C@@H](C)c2ccc3c(c2)NC(=O)CO3)no1. The topological polar surface area (TPSA) is 89.3 Å². The molecule has 0 unspecified atom stereocenters. The zero-order valence-electron chi connectivity index (χ0n) is 11.8. The maximum absolute atomic E-state index is 11.3. The van der Waals surface area contributed by atoms with E-state index in [4.69, 9.17) is 9.26 Å². The van der Waals surface area contributed by atoms with Crippen LogP contribution in [-0.4, -0.2) is 22.7 Å². The molecule has 0 saturated heterocycles. The molecule has 7 nitrogen and oxygen atoms in total. The van der Waals surface area contributed by atoms with E-state index < -0.39 is 0 Å². The second-order valence-electron chi connectivity index (χ2n) is 4.92. The highest BCUT2D eigenvalue weighted by Crippen LogP contribution is 2.30. The first-order chi connectivity index (χ1) is 10.1. The number of benzene rings is 1. The quantitative estimate of drug-likeness (QED) is 0.887. The Kier molecular flexibility index (Phi) is 3.57. The number of aryl methyl sites for hydroxylation is 1. The molecule has 0 aliphatic carbocycles. The van der Waals surface area contributed by atoms with Crippen molar-refractivity contribution in [1.29, 1.82) is 0 Å². The molecule has 1 aromatic carbocycles. The minimum Gasteiger partial charge on any atom is -0.482 e. The monoisotopic (exact) mass is 288 g/mol. The van der Waals surface area contributed by atoms with Gasteiger partial charge in [-0.2, -0.15) is 4.98 Å². The molecule has 3 rings (SSSR count). The summed E-state index contributed by atoms with van der Waals surface area (Å²) in [6.07, 6.45) is 0. The molecule has 0 fully saturated rings. The molecular weight excluding hydrogens is 272 g/mol. The highest BCUT2D eigenvalue weighted by molar-refractivity contribution is 5.95. The van der Waals surface area contributed by atoms with E-state index in [2.05, 4.69) is 20.8 Å². The molecule has 2 aromatic rings. The Hall–Kier alpha value is -2.41. The first kappa shape index (κ1) is 13.6. The van der Waals surface area contributed by atoms with Crippen LogP contribution < -0.4 is 15.4 Å². The van der Waals surface area contributed by atoms with Gasteiger partial charge in [0.15, 0.2) is 12.4 Å². The van der Waals surface area contributed by atoms with Crippen molar-refractivity contribution < 1.29 is 14.1 Å². The van der Waals surface area contributed by atoms with Crippen molar-refractivity contribution in [2.24, 2.45) is 0 Å². The fourth-order valence-electron chi connectivity index (χ4n) is 2.15. The van der Waals surface area contributed by atoms with Crippen LogP contribution in [0.15, 0.2) is 22.7 Å². The molecule has 110 valence electrons. The van der Waals surface area contributed by atoms with E-state index in [1.165, 1.54) is 0 Å². The van der Waals surface area contributed by atoms with Crippen molar-refractivity contribution >= 4 is 11.6 Å². The Morgan fingerprint density at radius 1 is 1.48 bits per heavy atom. The van der Waals surface area contributed by atoms with Crippen molar-refractivity contribution in [3.05, 3.63) is 35.5 Å². The van der Waals surface area contributed by atoms with Crippen molar-refractivity contribution in [2.75, 3.05) is 11.9 Å². The Balaban J connectivity index is 1.68. The molecule has 0 spiro atoms. The Morgan fingerprint density at radius 2 is 2.33 bits per heavy atom. The number of nitrogens with one attached hydrogen (secondary N) is 2. The van der Waals surface area contributed by atoms with Gasteiger partial charge >= 0.3 is 0 Å². The summed E-state index contributed by atoms with van der Waals surface area (Å²) >= 11 is 0. The largest absolute Gasteiger partial charge is 0.482 e. The highest BCUT2D eigenvalue weighted by atomic mass is 16.5. The smallest absolute Gasteiger partial charge is 0.262 e. The molecule has 0 saturated carbocycles. The van der Waals surface area contributed by atoms with Crippen LogP contribution in [0.1, 0.15) is 30.2 Å². The van der Waals surface area contributed by atoms with Crippen molar-refractivity contribution in [2.45, 2.75) is 26.4 Å². The van der Waals surface area contributed by atoms with E-state index in [0.717, 1.165) is 5.56 Å². The minimum absolute atomic E-state index is 0.0668. The van der Waals surface area contributed by atoms with Crippen LogP contribution in [0.3, 0.4) is 0 Å². The first-order valence-corrected chi connectivity index (χ1v) is 6.71. The number of ether oxygens (including phenoxy) is 1. The molecule has 21 heavy (non-hydrogen) atoms. The number of amides is 1. The zero-order chi connectivity index (χ0) is 14.8. The predicted molar refractivity (Wildman–Crippen MR) is 74.9 cm³/mol. The van der Waals surface area contributed by atoms with Gasteiger partial charge in [-0.1, -0.05) is 11.2 Å². The molecule has 1 aliphatic heterocycles. The molecule has 1 aliphatic rings. The van der Waals surface area contributed by atoms with Gasteiger partial charge in [0.25, 0.3) is 5.91 Å². The molecule has 1 aromatic heterocycles. The Bertz CT molecular complexity index is 668. The highest BCUT2D eigenvalue weighted by Gasteiger charge is 2.17. The van der Waals surface area contributed by atoms with Crippen molar-refractivity contribution in [3.63, 3.8) is 0 Å². The normalized spacial score (nSPS) is 15.0. The average molecular weight is 288 g/mol. The van der Waals surface area contributed by atoms with E-state index >= 15 is 0 Å². The number of carbonyl (C=O) groups is 1. The minimum atomic E-state index is -0.137. The number of hydrogen-bond donors (Lipinski definition) is 2. The van der Waals surface area contributed by atoms with Gasteiger partial charge in [0, 0.05) is 13.0 Å². The number of aromatic nitrogens is 2. The lowest BCUT2D eigenvalue weighted by atomic mass is 10.1. The van der Waals surface area contributed by atoms with Crippen LogP contribution in [0, 0.1) is 6.92 Å².